The van der Waals surface area contributed by atoms with Crippen LogP contribution in [-0.2, 0) is 21.7 Å². The second kappa shape index (κ2) is 7.90. The molecule has 1 aliphatic rings. The molecule has 0 spiro atoms. The van der Waals surface area contributed by atoms with Crippen LogP contribution in [0.2, 0.25) is 0 Å². The number of nitrogens with one attached hydrogen (secondary N) is 1. The molecule has 4 rings (SSSR count). The highest BCUT2D eigenvalue weighted by Gasteiger charge is 2.35. The summed E-state index contributed by atoms with van der Waals surface area (Å²) in [6.07, 6.45) is 0.551. The summed E-state index contributed by atoms with van der Waals surface area (Å²) in [4.78, 5) is 0.694. The third-order valence-corrected chi connectivity index (χ3v) is 6.39. The predicted molar refractivity (Wildman–Crippen MR) is 115 cm³/mol. The van der Waals surface area contributed by atoms with Crippen LogP contribution in [0.5, 0.6) is 0 Å². The standard InChI is InChI=1S/C24H25NO2S/c1-16-13-17(2)23(18(3)14-16)25-24-21-12-8-7-9-19(21)15-22(24)27-28(26)20-10-5-4-6-11-20/h4-14,22,24-25H,15H2,1-3H3/t22-,24+,28+/m0/s1. The second-order valence-corrected chi connectivity index (χ2v) is 8.61. The van der Waals surface area contributed by atoms with Crippen LogP contribution in [0.15, 0.2) is 71.6 Å². The van der Waals surface area contributed by atoms with E-state index in [9.17, 15) is 4.21 Å². The normalized spacial score (nSPS) is 19.2. The molecule has 3 nitrogen and oxygen atoms in total. The Kier molecular flexibility index (Phi) is 5.33. The lowest BCUT2D eigenvalue weighted by molar-refractivity contribution is 0.215. The van der Waals surface area contributed by atoms with Gasteiger partial charge >= 0.3 is 0 Å². The van der Waals surface area contributed by atoms with E-state index in [1.54, 1.807) is 0 Å². The van der Waals surface area contributed by atoms with Crippen LogP contribution in [0.3, 0.4) is 0 Å². The minimum absolute atomic E-state index is 0.0380. The molecule has 0 saturated carbocycles. The van der Waals surface area contributed by atoms with Gasteiger partial charge in [0.25, 0.3) is 0 Å². The van der Waals surface area contributed by atoms with Crippen molar-refractivity contribution in [2.24, 2.45) is 0 Å². The Hall–Kier alpha value is -2.43. The van der Waals surface area contributed by atoms with Gasteiger partial charge in [0.05, 0.1) is 10.9 Å². The third-order valence-electron chi connectivity index (χ3n) is 5.31. The number of hydrogen-bond donors (Lipinski definition) is 1. The maximum Gasteiger partial charge on any atom is 0.189 e. The topological polar surface area (TPSA) is 38.3 Å². The SMILES string of the molecule is Cc1cc(C)c(N[C@@H]2c3ccccc3C[C@@H]2O[S@@](=O)c2ccccc2)c(C)c1. The Labute approximate surface area is 169 Å². The molecule has 144 valence electrons. The highest BCUT2D eigenvalue weighted by Crippen LogP contribution is 2.38. The van der Waals surface area contributed by atoms with Crippen LogP contribution in [0.1, 0.15) is 33.9 Å². The fourth-order valence-electron chi connectivity index (χ4n) is 4.08. The first kappa shape index (κ1) is 18.9. The Morgan fingerprint density at radius 2 is 1.57 bits per heavy atom. The van der Waals surface area contributed by atoms with Gasteiger partial charge in [-0.2, -0.15) is 0 Å². The summed E-state index contributed by atoms with van der Waals surface area (Å²) in [7, 11) is 0. The number of aryl methyl sites for hydroxylation is 3. The smallest absolute Gasteiger partial charge is 0.189 e. The molecule has 4 heteroatoms. The molecule has 1 N–H and O–H groups in total. The van der Waals surface area contributed by atoms with Crippen molar-refractivity contribution in [3.8, 4) is 0 Å². The lowest BCUT2D eigenvalue weighted by Gasteiger charge is -2.25. The van der Waals surface area contributed by atoms with E-state index in [0.29, 0.717) is 4.90 Å². The minimum atomic E-state index is -1.49. The Balaban J connectivity index is 1.64. The molecular weight excluding hydrogens is 366 g/mol. The molecule has 0 bridgehead atoms. The first-order valence-electron chi connectivity index (χ1n) is 9.59. The molecule has 1 aliphatic carbocycles. The lowest BCUT2D eigenvalue weighted by Crippen LogP contribution is -2.26. The first-order valence-corrected chi connectivity index (χ1v) is 10.7. The fraction of sp³-hybridized carbons (Fsp3) is 0.250. The van der Waals surface area contributed by atoms with E-state index in [-0.39, 0.29) is 12.1 Å². The molecule has 0 fully saturated rings. The van der Waals surface area contributed by atoms with Crippen molar-refractivity contribution < 1.29 is 8.39 Å². The van der Waals surface area contributed by atoms with E-state index in [4.69, 9.17) is 4.18 Å². The molecular formula is C24H25NO2S. The van der Waals surface area contributed by atoms with Crippen molar-refractivity contribution >= 4 is 16.8 Å². The minimum Gasteiger partial charge on any atom is -0.375 e. The van der Waals surface area contributed by atoms with Crippen LogP contribution < -0.4 is 5.32 Å². The zero-order chi connectivity index (χ0) is 19.7. The van der Waals surface area contributed by atoms with Crippen molar-refractivity contribution in [2.45, 2.75) is 44.2 Å². The quantitative estimate of drug-likeness (QED) is 0.630. The van der Waals surface area contributed by atoms with Crippen molar-refractivity contribution in [2.75, 3.05) is 5.32 Å². The zero-order valence-electron chi connectivity index (χ0n) is 16.4. The van der Waals surface area contributed by atoms with Crippen LogP contribution in [0.4, 0.5) is 5.69 Å². The van der Waals surface area contributed by atoms with Gasteiger partial charge in [-0.25, -0.2) is 4.21 Å². The van der Waals surface area contributed by atoms with E-state index >= 15 is 0 Å². The molecule has 3 aromatic carbocycles. The molecule has 0 heterocycles. The number of rotatable bonds is 5. The number of anilines is 1. The molecule has 28 heavy (non-hydrogen) atoms. The van der Waals surface area contributed by atoms with E-state index in [0.717, 1.165) is 12.1 Å². The summed E-state index contributed by atoms with van der Waals surface area (Å²) in [6, 6.07) is 22.1. The van der Waals surface area contributed by atoms with E-state index in [2.05, 4.69) is 62.5 Å². The van der Waals surface area contributed by atoms with Crippen LogP contribution >= 0.6 is 0 Å². The van der Waals surface area contributed by atoms with Gasteiger partial charge in [0.1, 0.15) is 6.10 Å². The second-order valence-electron chi connectivity index (χ2n) is 7.48. The summed E-state index contributed by atoms with van der Waals surface area (Å²) in [5.74, 6) is 0. The maximum absolute atomic E-state index is 12.8. The number of fused-ring (bicyclic) bond motifs is 1. The summed E-state index contributed by atoms with van der Waals surface area (Å²) >= 11 is -1.49. The Morgan fingerprint density at radius 1 is 0.929 bits per heavy atom. The van der Waals surface area contributed by atoms with Crippen LogP contribution in [0, 0.1) is 20.8 Å². The van der Waals surface area contributed by atoms with Gasteiger partial charge in [-0.15, -0.1) is 0 Å². The summed E-state index contributed by atoms with van der Waals surface area (Å²) < 4.78 is 18.9. The summed E-state index contributed by atoms with van der Waals surface area (Å²) in [5.41, 5.74) is 7.28. The highest BCUT2D eigenvalue weighted by molar-refractivity contribution is 7.80. The van der Waals surface area contributed by atoms with E-state index < -0.39 is 11.1 Å². The average molecular weight is 392 g/mol. The van der Waals surface area contributed by atoms with Gasteiger partial charge in [0.2, 0.25) is 0 Å². The highest BCUT2D eigenvalue weighted by atomic mass is 32.2. The van der Waals surface area contributed by atoms with Crippen LogP contribution in [0.25, 0.3) is 0 Å². The molecule has 3 aromatic rings. The van der Waals surface area contributed by atoms with Crippen LogP contribution in [-0.4, -0.2) is 10.3 Å². The third kappa shape index (κ3) is 3.75. The lowest BCUT2D eigenvalue weighted by atomic mass is 10.0. The van der Waals surface area contributed by atoms with E-state index in [1.165, 1.54) is 27.8 Å². The molecule has 0 aromatic heterocycles. The predicted octanol–water partition coefficient (Wildman–Crippen LogP) is 5.43. The van der Waals surface area contributed by atoms with Gasteiger partial charge in [-0.05, 0) is 55.2 Å². The number of hydrogen-bond acceptors (Lipinski definition) is 3. The molecule has 0 saturated heterocycles. The van der Waals surface area contributed by atoms with E-state index in [1.807, 2.05) is 30.3 Å². The van der Waals surface area contributed by atoms with Gasteiger partial charge in [-0.1, -0.05) is 60.2 Å². The first-order chi connectivity index (χ1) is 13.5. The van der Waals surface area contributed by atoms with Crippen molar-refractivity contribution in [1.82, 2.24) is 0 Å². The fourth-order valence-corrected chi connectivity index (χ4v) is 4.98. The molecule has 0 amide bonds. The van der Waals surface area contributed by atoms with Crippen molar-refractivity contribution in [1.29, 1.82) is 0 Å². The van der Waals surface area contributed by atoms with Crippen molar-refractivity contribution in [3.05, 3.63) is 94.5 Å². The van der Waals surface area contributed by atoms with Crippen molar-refractivity contribution in [3.63, 3.8) is 0 Å². The molecule has 0 unspecified atom stereocenters. The number of benzene rings is 3. The van der Waals surface area contributed by atoms with Gasteiger partial charge in [0, 0.05) is 12.1 Å². The summed E-state index contributed by atoms with van der Waals surface area (Å²) in [5, 5.41) is 3.71. The average Bonchev–Trinajstić information content (AvgIpc) is 3.02. The van der Waals surface area contributed by atoms with Gasteiger partial charge in [0.15, 0.2) is 11.1 Å². The summed E-state index contributed by atoms with van der Waals surface area (Å²) in [6.45, 7) is 6.37. The molecule has 0 radical (unpaired) electrons. The van der Waals surface area contributed by atoms with Gasteiger partial charge in [-0.3, -0.25) is 4.18 Å². The molecule has 3 atom stereocenters. The largest absolute Gasteiger partial charge is 0.375 e. The Bertz CT molecular complexity index is 993. The van der Waals surface area contributed by atoms with Gasteiger partial charge < -0.3 is 5.32 Å². The molecule has 0 aliphatic heterocycles. The Morgan fingerprint density at radius 3 is 2.29 bits per heavy atom. The zero-order valence-corrected chi connectivity index (χ0v) is 17.3. The maximum atomic E-state index is 12.8. The monoisotopic (exact) mass is 391 g/mol.